The molecule has 6 aromatic rings. The van der Waals surface area contributed by atoms with Crippen LogP contribution in [-0.2, 0) is 13.0 Å². The third-order valence-corrected chi connectivity index (χ3v) is 8.07. The maximum atomic E-state index is 13.5. The summed E-state index contributed by atoms with van der Waals surface area (Å²) in [6, 6.07) is 31.0. The summed E-state index contributed by atoms with van der Waals surface area (Å²) in [6.07, 6.45) is 2.84. The summed E-state index contributed by atoms with van der Waals surface area (Å²) >= 11 is 1.64. The Morgan fingerprint density at radius 1 is 0.897 bits per heavy atom. The smallest absolute Gasteiger partial charge is 0.320 e. The zero-order valence-corrected chi connectivity index (χ0v) is 22.9. The molecule has 2 heterocycles. The molecule has 4 aromatic carbocycles. The number of nitrogens with one attached hydrogen (secondary N) is 1. The van der Waals surface area contributed by atoms with E-state index in [1.54, 1.807) is 11.3 Å². The molecule has 0 aliphatic rings. The second-order valence-corrected chi connectivity index (χ2v) is 10.8. The molecule has 0 fully saturated rings. The van der Waals surface area contributed by atoms with Crippen molar-refractivity contribution in [1.29, 1.82) is 0 Å². The molecule has 2 amide bonds. The molecular formula is C33H30N4OS. The predicted molar refractivity (Wildman–Crippen MR) is 162 cm³/mol. The second kappa shape index (κ2) is 10.8. The molecule has 0 atom stereocenters. The maximum absolute atomic E-state index is 13.5. The fraction of sp³-hybridized carbons (Fsp3) is 0.152. The van der Waals surface area contributed by atoms with Gasteiger partial charge in [-0.05, 0) is 47.4 Å². The molecule has 0 saturated carbocycles. The average Bonchev–Trinajstić information content (AvgIpc) is 3.55. The number of aryl methyl sites for hydroxylation is 2. The Labute approximate surface area is 232 Å². The van der Waals surface area contributed by atoms with Crippen molar-refractivity contribution >= 4 is 38.8 Å². The molecule has 6 rings (SSSR count). The molecule has 39 heavy (non-hydrogen) atoms. The van der Waals surface area contributed by atoms with Crippen molar-refractivity contribution < 1.29 is 4.79 Å². The molecule has 0 bridgehead atoms. The molecule has 0 saturated heterocycles. The number of fused-ring (bicyclic) bond motifs is 2. The standard InChI is InChI=1S/C33H30N4OS/c1-23-9-8-10-24(2)31(23)35-32(38)36(20-25-11-4-3-5-12-25)18-17-29-22-39-33-34-30(21-37(29)33)28-16-15-26-13-6-7-14-27(26)19-28/h3-16,19,21-22H,17-18,20H2,1-2H3,(H,35,38). The Morgan fingerprint density at radius 2 is 1.64 bits per heavy atom. The molecule has 0 radical (unpaired) electrons. The zero-order valence-electron chi connectivity index (χ0n) is 22.1. The molecule has 5 nitrogen and oxygen atoms in total. The minimum Gasteiger partial charge on any atom is -0.320 e. The van der Waals surface area contributed by atoms with Gasteiger partial charge in [0.2, 0.25) is 0 Å². The van der Waals surface area contributed by atoms with Crippen molar-refractivity contribution in [2.75, 3.05) is 11.9 Å². The Bertz CT molecular complexity index is 1750. The lowest BCUT2D eigenvalue weighted by Gasteiger charge is -2.24. The number of para-hydroxylation sites is 1. The van der Waals surface area contributed by atoms with Gasteiger partial charge in [0.05, 0.1) is 5.69 Å². The number of imidazole rings is 1. The Hall–Kier alpha value is -4.42. The molecular weight excluding hydrogens is 500 g/mol. The first-order valence-corrected chi connectivity index (χ1v) is 14.0. The highest BCUT2D eigenvalue weighted by atomic mass is 32.1. The molecule has 194 valence electrons. The number of hydrogen-bond donors (Lipinski definition) is 1. The normalized spacial score (nSPS) is 11.2. The highest BCUT2D eigenvalue weighted by Gasteiger charge is 2.18. The third kappa shape index (κ3) is 5.29. The summed E-state index contributed by atoms with van der Waals surface area (Å²) in [7, 11) is 0. The van der Waals surface area contributed by atoms with E-state index in [-0.39, 0.29) is 6.03 Å². The number of aromatic nitrogens is 2. The van der Waals surface area contributed by atoms with Crippen molar-refractivity contribution in [3.05, 3.63) is 125 Å². The van der Waals surface area contributed by atoms with Crippen LogP contribution in [0.5, 0.6) is 0 Å². The summed E-state index contributed by atoms with van der Waals surface area (Å²) < 4.78 is 2.17. The van der Waals surface area contributed by atoms with Crippen LogP contribution in [0.15, 0.2) is 103 Å². The second-order valence-electron chi connectivity index (χ2n) is 9.92. The summed E-state index contributed by atoms with van der Waals surface area (Å²) in [5.41, 5.74) is 7.31. The Morgan fingerprint density at radius 3 is 2.44 bits per heavy atom. The van der Waals surface area contributed by atoms with Gasteiger partial charge in [-0.15, -0.1) is 11.3 Å². The number of urea groups is 1. The summed E-state index contributed by atoms with van der Waals surface area (Å²) in [5.74, 6) is 0. The van der Waals surface area contributed by atoms with Crippen molar-refractivity contribution in [3.63, 3.8) is 0 Å². The van der Waals surface area contributed by atoms with Crippen molar-refractivity contribution in [2.45, 2.75) is 26.8 Å². The van der Waals surface area contributed by atoms with Crippen LogP contribution in [0.2, 0.25) is 0 Å². The lowest BCUT2D eigenvalue weighted by molar-refractivity contribution is 0.209. The first kappa shape index (κ1) is 24.9. The summed E-state index contributed by atoms with van der Waals surface area (Å²) in [5, 5.41) is 7.76. The molecule has 1 N–H and O–H groups in total. The van der Waals surface area contributed by atoms with Gasteiger partial charge in [0.1, 0.15) is 0 Å². The predicted octanol–water partition coefficient (Wildman–Crippen LogP) is 8.11. The molecule has 0 unspecified atom stereocenters. The maximum Gasteiger partial charge on any atom is 0.322 e. The highest BCUT2D eigenvalue weighted by Crippen LogP contribution is 2.27. The Kier molecular flexibility index (Phi) is 6.86. The van der Waals surface area contributed by atoms with Crippen LogP contribution >= 0.6 is 11.3 Å². The number of rotatable bonds is 7. The van der Waals surface area contributed by atoms with Crippen molar-refractivity contribution in [3.8, 4) is 11.3 Å². The fourth-order valence-electron chi connectivity index (χ4n) is 5.00. The number of benzene rings is 4. The van der Waals surface area contributed by atoms with Crippen LogP contribution in [0.1, 0.15) is 22.4 Å². The monoisotopic (exact) mass is 530 g/mol. The van der Waals surface area contributed by atoms with E-state index in [9.17, 15) is 4.79 Å². The topological polar surface area (TPSA) is 49.6 Å². The van der Waals surface area contributed by atoms with Gasteiger partial charge in [-0.1, -0.05) is 84.9 Å². The van der Waals surface area contributed by atoms with E-state index < -0.39 is 0 Å². The lowest BCUT2D eigenvalue weighted by atomic mass is 10.1. The van der Waals surface area contributed by atoms with Gasteiger partial charge in [-0.3, -0.25) is 4.40 Å². The number of carbonyl (C=O) groups is 1. The highest BCUT2D eigenvalue weighted by molar-refractivity contribution is 7.15. The summed E-state index contributed by atoms with van der Waals surface area (Å²) in [6.45, 7) is 5.18. The molecule has 2 aromatic heterocycles. The quantitative estimate of drug-likeness (QED) is 0.227. The zero-order chi connectivity index (χ0) is 26.8. The van der Waals surface area contributed by atoms with Gasteiger partial charge in [0, 0.05) is 48.0 Å². The van der Waals surface area contributed by atoms with Crippen LogP contribution in [0.4, 0.5) is 10.5 Å². The first-order valence-electron chi connectivity index (χ1n) is 13.2. The fourth-order valence-corrected chi connectivity index (χ4v) is 5.91. The van der Waals surface area contributed by atoms with Gasteiger partial charge in [-0.2, -0.15) is 0 Å². The number of anilines is 1. The van der Waals surface area contributed by atoms with Crippen LogP contribution in [0.3, 0.4) is 0 Å². The molecule has 0 aliphatic carbocycles. The number of amides is 2. The lowest BCUT2D eigenvalue weighted by Crippen LogP contribution is -2.36. The van der Waals surface area contributed by atoms with E-state index in [0.29, 0.717) is 13.1 Å². The first-order chi connectivity index (χ1) is 19.0. The van der Waals surface area contributed by atoms with E-state index in [2.05, 4.69) is 75.9 Å². The number of carbonyl (C=O) groups excluding carboxylic acids is 1. The van der Waals surface area contributed by atoms with E-state index in [1.165, 1.54) is 10.8 Å². The van der Waals surface area contributed by atoms with Crippen LogP contribution in [0, 0.1) is 13.8 Å². The average molecular weight is 531 g/mol. The summed E-state index contributed by atoms with van der Waals surface area (Å²) in [4.78, 5) is 21.3. The van der Waals surface area contributed by atoms with Gasteiger partial charge in [-0.25, -0.2) is 9.78 Å². The van der Waals surface area contributed by atoms with E-state index >= 15 is 0 Å². The Balaban J connectivity index is 1.24. The van der Waals surface area contributed by atoms with E-state index in [0.717, 1.165) is 50.7 Å². The molecule has 6 heteroatoms. The number of thiazole rings is 1. The number of nitrogens with zero attached hydrogens (tertiary/aromatic N) is 3. The van der Waals surface area contributed by atoms with Crippen molar-refractivity contribution in [1.82, 2.24) is 14.3 Å². The van der Waals surface area contributed by atoms with Gasteiger partial charge < -0.3 is 10.2 Å². The van der Waals surface area contributed by atoms with E-state index in [4.69, 9.17) is 4.98 Å². The SMILES string of the molecule is Cc1cccc(C)c1NC(=O)N(CCc1csc2nc(-c3ccc4ccccc4c3)cn12)Cc1ccccc1. The third-order valence-electron chi connectivity index (χ3n) is 7.18. The van der Waals surface area contributed by atoms with Crippen LogP contribution in [-0.4, -0.2) is 26.9 Å². The largest absolute Gasteiger partial charge is 0.322 e. The minimum atomic E-state index is -0.0924. The number of hydrogen-bond acceptors (Lipinski definition) is 3. The minimum absolute atomic E-state index is 0.0924. The van der Waals surface area contributed by atoms with E-state index in [1.807, 2.05) is 55.1 Å². The van der Waals surface area contributed by atoms with Gasteiger partial charge in [0.25, 0.3) is 0 Å². The van der Waals surface area contributed by atoms with Gasteiger partial charge >= 0.3 is 6.03 Å². The molecule has 0 aliphatic heterocycles. The van der Waals surface area contributed by atoms with Crippen molar-refractivity contribution in [2.24, 2.45) is 0 Å². The van der Waals surface area contributed by atoms with Gasteiger partial charge in [0.15, 0.2) is 4.96 Å². The van der Waals surface area contributed by atoms with Crippen LogP contribution in [0.25, 0.3) is 27.0 Å². The molecule has 0 spiro atoms. The van der Waals surface area contributed by atoms with Crippen LogP contribution < -0.4 is 5.32 Å².